The second-order valence-electron chi connectivity index (χ2n) is 5.55. The zero-order valence-electron chi connectivity index (χ0n) is 14.5. The monoisotopic (exact) mass is 381 g/mol. The molecule has 0 bridgehead atoms. The Morgan fingerprint density at radius 3 is 2.35 bits per heavy atom. The number of carbonyl (C=O) groups excluding carboxylic acids is 2. The Kier molecular flexibility index (Phi) is 7.28. The summed E-state index contributed by atoms with van der Waals surface area (Å²) in [6.07, 6.45) is -3.59. The largest absolute Gasteiger partial charge is 0.458 e. The van der Waals surface area contributed by atoms with Crippen LogP contribution in [0.4, 0.5) is 0 Å². The molecule has 0 aliphatic carbocycles. The molecule has 1 saturated heterocycles. The van der Waals surface area contributed by atoms with Gasteiger partial charge in [-0.15, -0.1) is 0 Å². The van der Waals surface area contributed by atoms with Crippen molar-refractivity contribution < 1.29 is 28.0 Å². The lowest BCUT2D eigenvalue weighted by atomic mass is 9.97. The quantitative estimate of drug-likeness (QED) is 0.244. The predicted molar refractivity (Wildman–Crippen MR) is 91.8 cm³/mol. The fourth-order valence-electron chi connectivity index (χ4n) is 2.51. The third kappa shape index (κ3) is 5.37. The van der Waals surface area contributed by atoms with Gasteiger partial charge in [-0.05, 0) is 24.6 Å². The van der Waals surface area contributed by atoms with Gasteiger partial charge in [0.1, 0.15) is 6.04 Å². The number of ether oxygens (including phenoxy) is 3. The average Bonchev–Trinajstić information content (AvgIpc) is 2.59. The minimum Gasteiger partial charge on any atom is -0.458 e. The van der Waals surface area contributed by atoms with Crippen LogP contribution in [0.1, 0.15) is 20.8 Å². The first kappa shape index (κ1) is 20.1. The van der Waals surface area contributed by atoms with E-state index >= 15 is 0 Å². The van der Waals surface area contributed by atoms with Crippen LogP contribution in [0.2, 0.25) is 0 Å². The van der Waals surface area contributed by atoms with E-state index in [1.165, 1.54) is 13.8 Å². The lowest BCUT2D eigenvalue weighted by Gasteiger charge is -2.42. The number of rotatable bonds is 6. The molecule has 2 rings (SSSR count). The summed E-state index contributed by atoms with van der Waals surface area (Å²) in [6.45, 7) is 4.10. The molecule has 1 unspecified atom stereocenters. The van der Waals surface area contributed by atoms with Gasteiger partial charge in [0.05, 0.1) is 6.10 Å². The molecular formula is C16H19N3O6S. The van der Waals surface area contributed by atoms with E-state index in [4.69, 9.17) is 23.9 Å². The number of esters is 2. The van der Waals surface area contributed by atoms with Crippen LogP contribution >= 0.6 is 12.0 Å². The maximum Gasteiger partial charge on any atom is 0.303 e. The van der Waals surface area contributed by atoms with Gasteiger partial charge in [-0.1, -0.05) is 23.3 Å². The number of nitrogens with zero attached hydrogens (tertiary/aromatic N) is 3. The summed E-state index contributed by atoms with van der Waals surface area (Å²) in [5.74, 6) is -1.17. The summed E-state index contributed by atoms with van der Waals surface area (Å²) in [5, 5.41) is 3.65. The number of carbonyl (C=O) groups is 2. The van der Waals surface area contributed by atoms with Gasteiger partial charge in [0, 0.05) is 35.7 Å². The molecule has 9 nitrogen and oxygen atoms in total. The van der Waals surface area contributed by atoms with Crippen LogP contribution in [-0.4, -0.2) is 42.6 Å². The molecule has 1 aromatic carbocycles. The van der Waals surface area contributed by atoms with Crippen molar-refractivity contribution in [3.05, 3.63) is 40.8 Å². The second-order valence-corrected chi connectivity index (χ2v) is 6.38. The molecule has 140 valence electrons. The molecule has 1 aliphatic heterocycles. The van der Waals surface area contributed by atoms with E-state index in [1.807, 2.05) is 30.3 Å². The van der Waals surface area contributed by atoms with Gasteiger partial charge < -0.3 is 14.2 Å². The molecule has 26 heavy (non-hydrogen) atoms. The van der Waals surface area contributed by atoms with Crippen LogP contribution < -0.4 is 0 Å². The van der Waals surface area contributed by atoms with Crippen molar-refractivity contribution in [2.45, 2.75) is 56.3 Å². The minimum absolute atomic E-state index is 0.569. The Hall–Kier alpha value is -2.26. The van der Waals surface area contributed by atoms with Gasteiger partial charge in [-0.2, -0.15) is 0 Å². The number of hydrogen-bond acceptors (Lipinski definition) is 8. The zero-order chi connectivity index (χ0) is 19.1. The number of benzene rings is 1. The van der Waals surface area contributed by atoms with Gasteiger partial charge in [-0.3, -0.25) is 13.8 Å². The van der Waals surface area contributed by atoms with E-state index in [1.54, 1.807) is 6.92 Å². The van der Waals surface area contributed by atoms with Crippen LogP contribution in [0, 0.1) is 0 Å². The maximum absolute atomic E-state index is 11.5. The molecule has 1 fully saturated rings. The summed E-state index contributed by atoms with van der Waals surface area (Å²) < 4.78 is 21.9. The Morgan fingerprint density at radius 1 is 1.15 bits per heavy atom. The summed E-state index contributed by atoms with van der Waals surface area (Å²) >= 11 is 1.04. The van der Waals surface area contributed by atoms with Crippen LogP contribution in [0.15, 0.2) is 40.3 Å². The number of azide groups is 1. The van der Waals surface area contributed by atoms with Crippen molar-refractivity contribution in [3.8, 4) is 0 Å². The first-order valence-corrected chi connectivity index (χ1v) is 8.59. The van der Waals surface area contributed by atoms with E-state index in [-0.39, 0.29) is 0 Å². The Bertz CT molecular complexity index is 682. The average molecular weight is 381 g/mol. The standard InChI is InChI=1S/C16H19N3O6S/c1-9-14(23-10(2)20)15(24-11(3)21)13(18-19-17)16(22-9)25-26-12-7-5-4-6-8-12/h4-9,13-16H,1-3H3/t9-,13-,14+,15-,16?/m1/s1. The van der Waals surface area contributed by atoms with Gasteiger partial charge >= 0.3 is 11.9 Å². The fourth-order valence-corrected chi connectivity index (χ4v) is 3.14. The minimum atomic E-state index is -1.03. The van der Waals surface area contributed by atoms with Crippen molar-refractivity contribution >= 4 is 24.0 Å². The van der Waals surface area contributed by atoms with E-state index in [2.05, 4.69) is 10.0 Å². The molecular weight excluding hydrogens is 362 g/mol. The Labute approximate surface area is 154 Å². The molecule has 0 amide bonds. The molecule has 1 aromatic rings. The molecule has 0 N–H and O–H groups in total. The lowest BCUT2D eigenvalue weighted by molar-refractivity contribution is -0.238. The highest BCUT2D eigenvalue weighted by Crippen LogP contribution is 2.32. The Morgan fingerprint density at radius 2 is 1.77 bits per heavy atom. The lowest BCUT2D eigenvalue weighted by Crippen LogP contribution is -2.58. The summed E-state index contributed by atoms with van der Waals surface area (Å²) in [5.41, 5.74) is 8.90. The van der Waals surface area contributed by atoms with Crippen LogP contribution in [0.25, 0.3) is 10.4 Å². The van der Waals surface area contributed by atoms with Crippen LogP contribution in [0.3, 0.4) is 0 Å². The maximum atomic E-state index is 11.5. The highest BCUT2D eigenvalue weighted by Gasteiger charge is 2.48. The highest BCUT2D eigenvalue weighted by atomic mass is 32.2. The summed E-state index contributed by atoms with van der Waals surface area (Å²) in [4.78, 5) is 26.5. The third-order valence-corrected chi connectivity index (χ3v) is 4.27. The van der Waals surface area contributed by atoms with Crippen molar-refractivity contribution in [3.63, 3.8) is 0 Å². The molecule has 0 spiro atoms. The normalized spacial score (nSPS) is 27.9. The van der Waals surface area contributed by atoms with E-state index in [9.17, 15) is 9.59 Å². The van der Waals surface area contributed by atoms with Crippen molar-refractivity contribution in [2.24, 2.45) is 5.11 Å². The molecule has 1 aliphatic rings. The van der Waals surface area contributed by atoms with Gasteiger partial charge in [-0.25, -0.2) is 0 Å². The first-order valence-electron chi connectivity index (χ1n) is 7.85. The molecule has 10 heteroatoms. The molecule has 0 radical (unpaired) electrons. The zero-order valence-corrected chi connectivity index (χ0v) is 15.3. The van der Waals surface area contributed by atoms with Gasteiger partial charge in [0.15, 0.2) is 18.5 Å². The van der Waals surface area contributed by atoms with Crippen molar-refractivity contribution in [1.82, 2.24) is 0 Å². The first-order chi connectivity index (χ1) is 12.4. The molecule has 1 heterocycles. The van der Waals surface area contributed by atoms with E-state index in [0.717, 1.165) is 16.9 Å². The second kappa shape index (κ2) is 9.44. The van der Waals surface area contributed by atoms with E-state index < -0.39 is 42.6 Å². The molecule has 0 aromatic heterocycles. The summed E-state index contributed by atoms with van der Waals surface area (Å²) in [6, 6.07) is 8.21. The highest BCUT2D eigenvalue weighted by molar-refractivity contribution is 7.94. The molecule has 5 atom stereocenters. The topological polar surface area (TPSA) is 120 Å². The SMILES string of the molecule is CC(=O)O[C@@H]1[C@H](OC(C)=O)[C@@H](N=[N+]=[N-])C(OSc2ccccc2)O[C@@H]1C. The van der Waals surface area contributed by atoms with Gasteiger partial charge in [0.25, 0.3) is 0 Å². The Balaban J connectivity index is 2.23. The predicted octanol–water partition coefficient (Wildman–Crippen LogP) is 3.00. The third-order valence-electron chi connectivity index (χ3n) is 3.52. The van der Waals surface area contributed by atoms with Crippen LogP contribution in [0.5, 0.6) is 0 Å². The number of hydrogen-bond donors (Lipinski definition) is 0. The van der Waals surface area contributed by atoms with Crippen molar-refractivity contribution in [1.29, 1.82) is 0 Å². The van der Waals surface area contributed by atoms with Gasteiger partial charge in [0.2, 0.25) is 0 Å². The van der Waals surface area contributed by atoms with Crippen molar-refractivity contribution in [2.75, 3.05) is 0 Å². The molecule has 0 saturated carbocycles. The fraction of sp³-hybridized carbons (Fsp3) is 0.500. The summed E-state index contributed by atoms with van der Waals surface area (Å²) in [7, 11) is 0. The van der Waals surface area contributed by atoms with Crippen LogP contribution in [-0.2, 0) is 28.0 Å². The van der Waals surface area contributed by atoms with E-state index in [0.29, 0.717) is 0 Å². The smallest absolute Gasteiger partial charge is 0.303 e.